The zero-order chi connectivity index (χ0) is 9.14. The predicted molar refractivity (Wildman–Crippen MR) is 39.4 cm³/mol. The molecule has 72 valence electrons. The summed E-state index contributed by atoms with van der Waals surface area (Å²) in [6.07, 6.45) is -3.33. The Balaban J connectivity index is 2.59. The van der Waals surface area contributed by atoms with E-state index in [2.05, 4.69) is 0 Å². The van der Waals surface area contributed by atoms with Crippen LogP contribution < -0.4 is 0 Å². The molecule has 5 heteroatoms. The maximum absolute atomic E-state index is 9.37. The van der Waals surface area contributed by atoms with Crippen LogP contribution in [0.15, 0.2) is 0 Å². The first kappa shape index (κ1) is 9.88. The van der Waals surface area contributed by atoms with Crippen LogP contribution in [-0.4, -0.2) is 53.1 Å². The minimum atomic E-state index is -1.09. The van der Waals surface area contributed by atoms with Gasteiger partial charge < -0.3 is 24.8 Å². The summed E-state index contributed by atoms with van der Waals surface area (Å²) < 4.78 is 9.90. The Hall–Kier alpha value is -0.200. The fraction of sp³-hybridized carbons (Fsp3) is 1.00. The number of hydrogen-bond donors (Lipinski definition) is 3. The van der Waals surface area contributed by atoms with E-state index in [1.807, 2.05) is 0 Å². The molecule has 0 aliphatic carbocycles. The molecule has 0 spiro atoms. The van der Waals surface area contributed by atoms with Crippen LogP contribution in [0.3, 0.4) is 0 Å². The SMILES string of the molecule is C[C@@H]1OCO[C@H](CO)[C@H](O)[C@H]1O. The quantitative estimate of drug-likeness (QED) is 0.453. The second kappa shape index (κ2) is 4.15. The van der Waals surface area contributed by atoms with Crippen LogP contribution in [0.1, 0.15) is 6.92 Å². The zero-order valence-electron chi connectivity index (χ0n) is 6.88. The van der Waals surface area contributed by atoms with Crippen LogP contribution in [0.4, 0.5) is 0 Å². The van der Waals surface area contributed by atoms with Gasteiger partial charge in [-0.3, -0.25) is 0 Å². The fourth-order valence-corrected chi connectivity index (χ4v) is 1.09. The first-order valence-electron chi connectivity index (χ1n) is 3.87. The topological polar surface area (TPSA) is 79.2 Å². The Labute approximate surface area is 70.5 Å². The molecular formula is C7H14O5. The highest BCUT2D eigenvalue weighted by atomic mass is 16.7. The van der Waals surface area contributed by atoms with Gasteiger partial charge in [-0.25, -0.2) is 0 Å². The van der Waals surface area contributed by atoms with Gasteiger partial charge >= 0.3 is 0 Å². The standard InChI is InChI=1S/C7H14O5/c1-4-6(9)7(10)5(2-8)12-3-11-4/h4-10H,2-3H2,1H3/t4-,5+,6-,7-/m0/s1. The molecule has 1 rings (SSSR count). The molecular weight excluding hydrogens is 164 g/mol. The highest BCUT2D eigenvalue weighted by molar-refractivity contribution is 4.81. The molecule has 5 nitrogen and oxygen atoms in total. The van der Waals surface area contributed by atoms with Crippen LogP contribution in [0.25, 0.3) is 0 Å². The molecule has 4 atom stereocenters. The van der Waals surface area contributed by atoms with E-state index in [1.54, 1.807) is 6.92 Å². The summed E-state index contributed by atoms with van der Waals surface area (Å²) in [5, 5.41) is 27.5. The van der Waals surface area contributed by atoms with Gasteiger partial charge in [-0.1, -0.05) is 0 Å². The molecule has 0 aromatic rings. The molecule has 0 aromatic carbocycles. The van der Waals surface area contributed by atoms with E-state index in [0.29, 0.717) is 0 Å². The summed E-state index contributed by atoms with van der Waals surface area (Å²) in [5.41, 5.74) is 0. The van der Waals surface area contributed by atoms with Crippen LogP contribution in [0.5, 0.6) is 0 Å². The average molecular weight is 178 g/mol. The molecule has 0 radical (unpaired) electrons. The van der Waals surface area contributed by atoms with Crippen LogP contribution in [0, 0.1) is 0 Å². The predicted octanol–water partition coefficient (Wildman–Crippen LogP) is -1.54. The zero-order valence-corrected chi connectivity index (χ0v) is 6.88. The molecule has 1 aliphatic heterocycles. The lowest BCUT2D eigenvalue weighted by Crippen LogP contribution is -2.43. The number of ether oxygens (including phenoxy) is 2. The summed E-state index contributed by atoms with van der Waals surface area (Å²) in [5.74, 6) is 0. The van der Waals surface area contributed by atoms with E-state index in [-0.39, 0.29) is 13.4 Å². The highest BCUT2D eigenvalue weighted by Gasteiger charge is 2.33. The van der Waals surface area contributed by atoms with Crippen molar-refractivity contribution in [1.82, 2.24) is 0 Å². The van der Waals surface area contributed by atoms with E-state index in [1.165, 1.54) is 0 Å². The largest absolute Gasteiger partial charge is 0.394 e. The molecule has 1 heterocycles. The highest BCUT2D eigenvalue weighted by Crippen LogP contribution is 2.14. The summed E-state index contributed by atoms with van der Waals surface area (Å²) in [4.78, 5) is 0. The van der Waals surface area contributed by atoms with Crippen molar-refractivity contribution in [2.24, 2.45) is 0 Å². The van der Waals surface area contributed by atoms with Crippen LogP contribution in [0.2, 0.25) is 0 Å². The van der Waals surface area contributed by atoms with Gasteiger partial charge in [0, 0.05) is 0 Å². The van der Waals surface area contributed by atoms with Crippen molar-refractivity contribution in [3.8, 4) is 0 Å². The Kier molecular flexibility index (Phi) is 3.42. The van der Waals surface area contributed by atoms with Gasteiger partial charge in [0.1, 0.15) is 25.1 Å². The van der Waals surface area contributed by atoms with Gasteiger partial charge in [-0.15, -0.1) is 0 Å². The molecule has 1 saturated heterocycles. The monoisotopic (exact) mass is 178 g/mol. The Morgan fingerprint density at radius 2 is 1.92 bits per heavy atom. The number of hydrogen-bond acceptors (Lipinski definition) is 5. The normalized spacial score (nSPS) is 44.0. The van der Waals surface area contributed by atoms with Gasteiger partial charge in [0.15, 0.2) is 0 Å². The van der Waals surface area contributed by atoms with Crippen molar-refractivity contribution in [3.05, 3.63) is 0 Å². The molecule has 1 fully saturated rings. The molecule has 1 aliphatic rings. The van der Waals surface area contributed by atoms with E-state index in [4.69, 9.17) is 14.6 Å². The maximum Gasteiger partial charge on any atom is 0.147 e. The van der Waals surface area contributed by atoms with E-state index in [0.717, 1.165) is 0 Å². The molecule has 0 saturated carbocycles. The third-order valence-corrected chi connectivity index (χ3v) is 2.00. The van der Waals surface area contributed by atoms with Crippen molar-refractivity contribution in [3.63, 3.8) is 0 Å². The van der Waals surface area contributed by atoms with Gasteiger partial charge in [0.2, 0.25) is 0 Å². The lowest BCUT2D eigenvalue weighted by atomic mass is 10.1. The minimum Gasteiger partial charge on any atom is -0.394 e. The maximum atomic E-state index is 9.37. The lowest BCUT2D eigenvalue weighted by molar-refractivity contribution is -0.114. The smallest absolute Gasteiger partial charge is 0.147 e. The summed E-state index contributed by atoms with van der Waals surface area (Å²) >= 11 is 0. The van der Waals surface area contributed by atoms with Gasteiger partial charge in [0.05, 0.1) is 12.7 Å². The number of rotatable bonds is 1. The van der Waals surface area contributed by atoms with Gasteiger partial charge in [-0.05, 0) is 6.92 Å². The minimum absolute atomic E-state index is 0.0134. The van der Waals surface area contributed by atoms with Crippen molar-refractivity contribution < 1.29 is 24.8 Å². The Morgan fingerprint density at radius 3 is 2.50 bits per heavy atom. The second-order valence-electron chi connectivity index (χ2n) is 2.86. The lowest BCUT2D eigenvalue weighted by Gasteiger charge is -2.22. The summed E-state index contributed by atoms with van der Waals surface area (Å²) in [6, 6.07) is 0. The molecule has 3 N–H and O–H groups in total. The number of aliphatic hydroxyl groups is 3. The van der Waals surface area contributed by atoms with Crippen molar-refractivity contribution in [2.75, 3.05) is 13.4 Å². The molecule has 0 amide bonds. The molecule has 0 bridgehead atoms. The van der Waals surface area contributed by atoms with Crippen molar-refractivity contribution >= 4 is 0 Å². The third kappa shape index (κ3) is 1.94. The first-order valence-corrected chi connectivity index (χ1v) is 3.87. The first-order chi connectivity index (χ1) is 5.66. The summed E-state index contributed by atoms with van der Waals surface area (Å²) in [6.45, 7) is 1.30. The van der Waals surface area contributed by atoms with Crippen LogP contribution in [-0.2, 0) is 9.47 Å². The Bertz CT molecular complexity index is 138. The van der Waals surface area contributed by atoms with E-state index >= 15 is 0 Å². The van der Waals surface area contributed by atoms with Crippen molar-refractivity contribution in [2.45, 2.75) is 31.3 Å². The fourth-order valence-electron chi connectivity index (χ4n) is 1.09. The van der Waals surface area contributed by atoms with E-state index < -0.39 is 24.4 Å². The molecule has 12 heavy (non-hydrogen) atoms. The van der Waals surface area contributed by atoms with Gasteiger partial charge in [0.25, 0.3) is 0 Å². The second-order valence-corrected chi connectivity index (χ2v) is 2.86. The number of aliphatic hydroxyl groups excluding tert-OH is 3. The summed E-state index contributed by atoms with van der Waals surface area (Å²) in [7, 11) is 0. The Morgan fingerprint density at radius 1 is 1.25 bits per heavy atom. The van der Waals surface area contributed by atoms with Gasteiger partial charge in [-0.2, -0.15) is 0 Å². The molecule has 0 unspecified atom stereocenters. The molecule has 0 aromatic heterocycles. The third-order valence-electron chi connectivity index (χ3n) is 2.00. The average Bonchev–Trinajstić information content (AvgIpc) is 2.19. The van der Waals surface area contributed by atoms with E-state index in [9.17, 15) is 10.2 Å². The van der Waals surface area contributed by atoms with Crippen LogP contribution >= 0.6 is 0 Å². The van der Waals surface area contributed by atoms with Crippen molar-refractivity contribution in [1.29, 1.82) is 0 Å².